The summed E-state index contributed by atoms with van der Waals surface area (Å²) in [5, 5.41) is 7.21. The number of halogens is 2. The van der Waals surface area contributed by atoms with Crippen LogP contribution >= 0.6 is 0 Å². The molecule has 8 heteroatoms. The minimum Gasteiger partial charge on any atom is -0.357 e. The standard InChI is InChI=1S/C16H22F2N6/c1-4-19-16(23(2)10-15-21-11-22-24(15)3)20-8-7-12-9-13(17)5-6-14(12)18/h5-6,9,11H,4,7-8,10H2,1-3H3,(H,19,20). The highest BCUT2D eigenvalue weighted by molar-refractivity contribution is 5.79. The van der Waals surface area contributed by atoms with Gasteiger partial charge in [0.1, 0.15) is 23.8 Å². The monoisotopic (exact) mass is 336 g/mol. The first-order valence-electron chi connectivity index (χ1n) is 7.77. The number of rotatable bonds is 6. The third-order valence-electron chi connectivity index (χ3n) is 3.53. The van der Waals surface area contributed by atoms with Crippen molar-refractivity contribution >= 4 is 5.96 Å². The molecule has 0 aliphatic heterocycles. The predicted molar refractivity (Wildman–Crippen MR) is 88.5 cm³/mol. The van der Waals surface area contributed by atoms with E-state index in [0.717, 1.165) is 18.0 Å². The number of hydrogen-bond acceptors (Lipinski definition) is 3. The number of nitrogens with one attached hydrogen (secondary N) is 1. The fourth-order valence-corrected chi connectivity index (χ4v) is 2.24. The molecule has 1 heterocycles. The molecule has 1 N–H and O–H groups in total. The number of aromatic nitrogens is 3. The van der Waals surface area contributed by atoms with Crippen LogP contribution in [0.1, 0.15) is 18.3 Å². The van der Waals surface area contributed by atoms with Crippen molar-refractivity contribution in [3.8, 4) is 0 Å². The molecule has 0 saturated carbocycles. The largest absolute Gasteiger partial charge is 0.357 e. The Kier molecular flexibility index (Phi) is 6.22. The predicted octanol–water partition coefficient (Wildman–Crippen LogP) is 1.73. The summed E-state index contributed by atoms with van der Waals surface area (Å²) < 4.78 is 28.5. The van der Waals surface area contributed by atoms with Gasteiger partial charge in [0.25, 0.3) is 0 Å². The lowest BCUT2D eigenvalue weighted by molar-refractivity contribution is 0.448. The fourth-order valence-electron chi connectivity index (χ4n) is 2.24. The first kappa shape index (κ1) is 17.8. The molecule has 2 rings (SSSR count). The molecule has 2 aromatic rings. The van der Waals surface area contributed by atoms with E-state index in [2.05, 4.69) is 20.4 Å². The summed E-state index contributed by atoms with van der Waals surface area (Å²) in [6.07, 6.45) is 1.83. The van der Waals surface area contributed by atoms with E-state index in [0.29, 0.717) is 37.6 Å². The minimum absolute atomic E-state index is 0.325. The molecule has 0 atom stereocenters. The van der Waals surface area contributed by atoms with E-state index in [9.17, 15) is 8.78 Å². The molecule has 0 radical (unpaired) electrons. The topological polar surface area (TPSA) is 58.3 Å². The van der Waals surface area contributed by atoms with E-state index in [4.69, 9.17) is 0 Å². The second kappa shape index (κ2) is 8.37. The molecule has 24 heavy (non-hydrogen) atoms. The molecule has 130 valence electrons. The molecule has 0 spiro atoms. The maximum atomic E-state index is 13.6. The molecule has 0 fully saturated rings. The summed E-state index contributed by atoms with van der Waals surface area (Å²) in [4.78, 5) is 10.6. The zero-order valence-corrected chi connectivity index (χ0v) is 14.1. The Morgan fingerprint density at radius 1 is 1.38 bits per heavy atom. The van der Waals surface area contributed by atoms with E-state index in [1.807, 2.05) is 25.9 Å². The molecule has 0 bridgehead atoms. The van der Waals surface area contributed by atoms with Crippen molar-refractivity contribution < 1.29 is 8.78 Å². The van der Waals surface area contributed by atoms with Crippen molar-refractivity contribution in [2.45, 2.75) is 19.9 Å². The lowest BCUT2D eigenvalue weighted by Gasteiger charge is -2.21. The quantitative estimate of drug-likeness (QED) is 0.645. The van der Waals surface area contributed by atoms with Crippen molar-refractivity contribution in [2.24, 2.45) is 12.0 Å². The van der Waals surface area contributed by atoms with Gasteiger partial charge in [-0.25, -0.2) is 13.8 Å². The molecule has 0 saturated heterocycles. The molecule has 1 aromatic heterocycles. The average Bonchev–Trinajstić information content (AvgIpc) is 2.94. The molecular weight excluding hydrogens is 314 g/mol. The van der Waals surface area contributed by atoms with Crippen LogP contribution in [0.5, 0.6) is 0 Å². The Hall–Kier alpha value is -2.51. The number of guanidine groups is 1. The van der Waals surface area contributed by atoms with Crippen LogP contribution in [-0.2, 0) is 20.0 Å². The van der Waals surface area contributed by atoms with Gasteiger partial charge in [-0.3, -0.25) is 9.67 Å². The Morgan fingerprint density at radius 3 is 2.83 bits per heavy atom. The van der Waals surface area contributed by atoms with E-state index in [-0.39, 0.29) is 0 Å². The average molecular weight is 336 g/mol. The van der Waals surface area contributed by atoms with Gasteiger partial charge in [-0.2, -0.15) is 5.10 Å². The summed E-state index contributed by atoms with van der Waals surface area (Å²) in [6.45, 7) is 3.57. The highest BCUT2D eigenvalue weighted by Crippen LogP contribution is 2.10. The van der Waals surface area contributed by atoms with Crippen molar-refractivity contribution in [1.29, 1.82) is 0 Å². The summed E-state index contributed by atoms with van der Waals surface area (Å²) in [5.41, 5.74) is 0.325. The van der Waals surface area contributed by atoms with Crippen LogP contribution in [0.4, 0.5) is 8.78 Å². The zero-order chi connectivity index (χ0) is 17.5. The van der Waals surface area contributed by atoms with Crippen LogP contribution in [0.3, 0.4) is 0 Å². The smallest absolute Gasteiger partial charge is 0.194 e. The van der Waals surface area contributed by atoms with Gasteiger partial charge >= 0.3 is 0 Å². The fraction of sp³-hybridized carbons (Fsp3) is 0.438. The molecule has 0 unspecified atom stereocenters. The van der Waals surface area contributed by atoms with Gasteiger partial charge in [0.2, 0.25) is 0 Å². The third kappa shape index (κ3) is 4.74. The van der Waals surface area contributed by atoms with Gasteiger partial charge in [0.05, 0.1) is 6.54 Å². The number of benzene rings is 1. The van der Waals surface area contributed by atoms with Crippen LogP contribution in [0.2, 0.25) is 0 Å². The Morgan fingerprint density at radius 2 is 2.17 bits per heavy atom. The van der Waals surface area contributed by atoms with Crippen molar-refractivity contribution in [1.82, 2.24) is 25.0 Å². The number of aryl methyl sites for hydroxylation is 1. The molecule has 1 aromatic carbocycles. The van der Waals surface area contributed by atoms with Gasteiger partial charge in [-0.15, -0.1) is 0 Å². The van der Waals surface area contributed by atoms with Gasteiger partial charge in [0, 0.05) is 27.2 Å². The molecule has 0 aliphatic rings. The number of hydrogen-bond donors (Lipinski definition) is 1. The van der Waals surface area contributed by atoms with E-state index >= 15 is 0 Å². The van der Waals surface area contributed by atoms with E-state index in [1.165, 1.54) is 12.4 Å². The second-order valence-corrected chi connectivity index (χ2v) is 5.38. The first-order chi connectivity index (χ1) is 11.5. The molecule has 0 amide bonds. The van der Waals surface area contributed by atoms with E-state index in [1.54, 1.807) is 4.68 Å². The summed E-state index contributed by atoms with van der Waals surface area (Å²) in [6, 6.07) is 3.46. The van der Waals surface area contributed by atoms with Crippen LogP contribution in [0, 0.1) is 11.6 Å². The molecular formula is C16H22F2N6. The SMILES string of the molecule is CCNC(=NCCc1cc(F)ccc1F)N(C)Cc1ncnn1C. The summed E-state index contributed by atoms with van der Waals surface area (Å²) in [7, 11) is 3.71. The minimum atomic E-state index is -0.443. The van der Waals surface area contributed by atoms with Crippen LogP contribution in [-0.4, -0.2) is 45.8 Å². The lowest BCUT2D eigenvalue weighted by Crippen LogP contribution is -2.39. The van der Waals surface area contributed by atoms with Crippen LogP contribution < -0.4 is 5.32 Å². The third-order valence-corrected chi connectivity index (χ3v) is 3.53. The molecule has 6 nitrogen and oxygen atoms in total. The summed E-state index contributed by atoms with van der Waals surface area (Å²) in [5.74, 6) is 0.627. The van der Waals surface area contributed by atoms with Gasteiger partial charge in [-0.1, -0.05) is 0 Å². The van der Waals surface area contributed by atoms with Crippen LogP contribution in [0.25, 0.3) is 0 Å². The van der Waals surface area contributed by atoms with Crippen molar-refractivity contribution in [3.05, 3.63) is 47.5 Å². The number of nitrogens with zero attached hydrogens (tertiary/aromatic N) is 5. The lowest BCUT2D eigenvalue weighted by atomic mass is 10.1. The van der Waals surface area contributed by atoms with E-state index < -0.39 is 11.6 Å². The van der Waals surface area contributed by atoms with Gasteiger partial charge in [0.15, 0.2) is 5.96 Å². The maximum absolute atomic E-state index is 13.6. The number of aliphatic imine (C=N–C) groups is 1. The zero-order valence-electron chi connectivity index (χ0n) is 14.1. The van der Waals surface area contributed by atoms with Crippen molar-refractivity contribution in [3.63, 3.8) is 0 Å². The summed E-state index contributed by atoms with van der Waals surface area (Å²) >= 11 is 0. The highest BCUT2D eigenvalue weighted by atomic mass is 19.1. The Bertz CT molecular complexity index is 698. The first-order valence-corrected chi connectivity index (χ1v) is 7.77. The Labute approximate surface area is 140 Å². The Balaban J connectivity index is 2.02. The van der Waals surface area contributed by atoms with Gasteiger partial charge in [-0.05, 0) is 37.1 Å². The maximum Gasteiger partial charge on any atom is 0.194 e. The normalized spacial score (nSPS) is 11.6. The van der Waals surface area contributed by atoms with Gasteiger partial charge < -0.3 is 10.2 Å². The van der Waals surface area contributed by atoms with Crippen molar-refractivity contribution in [2.75, 3.05) is 20.1 Å². The van der Waals surface area contributed by atoms with Crippen LogP contribution in [0.15, 0.2) is 29.5 Å². The highest BCUT2D eigenvalue weighted by Gasteiger charge is 2.10. The molecule has 0 aliphatic carbocycles. The second-order valence-electron chi connectivity index (χ2n) is 5.38.